The van der Waals surface area contributed by atoms with Crippen LogP contribution in [0.15, 0.2) is 0 Å². The van der Waals surface area contributed by atoms with E-state index in [4.69, 9.17) is 0 Å². The normalized spacial score (nSPS) is 27.4. The van der Waals surface area contributed by atoms with Crippen molar-refractivity contribution in [1.29, 1.82) is 0 Å². The fourth-order valence-corrected chi connectivity index (χ4v) is 4.48. The third kappa shape index (κ3) is 2.98. The summed E-state index contributed by atoms with van der Waals surface area (Å²) < 4.78 is 0. The smallest absolute Gasteiger partial charge is 0.243 e. The summed E-state index contributed by atoms with van der Waals surface area (Å²) in [5, 5.41) is 7.10. The van der Waals surface area contributed by atoms with Crippen LogP contribution in [0.3, 0.4) is 0 Å². The van der Waals surface area contributed by atoms with Crippen LogP contribution in [-0.2, 0) is 17.8 Å². The lowest BCUT2D eigenvalue weighted by Gasteiger charge is -2.31. The van der Waals surface area contributed by atoms with Gasteiger partial charge in [0.2, 0.25) is 5.91 Å². The number of thiazole rings is 1. The van der Waals surface area contributed by atoms with Gasteiger partial charge in [0.1, 0.15) is 0 Å². The first-order valence-corrected chi connectivity index (χ1v) is 8.65. The molecule has 2 aliphatic heterocycles. The fraction of sp³-hybridized carbons (Fsp3) is 0.733. The molecule has 3 rings (SSSR count). The zero-order chi connectivity index (χ0) is 15.0. The lowest BCUT2D eigenvalue weighted by Crippen LogP contribution is -2.46. The highest BCUT2D eigenvalue weighted by atomic mass is 32.1. The van der Waals surface area contributed by atoms with Gasteiger partial charge in [-0.05, 0) is 33.6 Å². The van der Waals surface area contributed by atoms with Gasteiger partial charge in [-0.3, -0.25) is 9.69 Å². The molecular formula is C15H24N4OS. The molecule has 0 bridgehead atoms. The van der Waals surface area contributed by atoms with Crippen molar-refractivity contribution in [2.45, 2.75) is 64.7 Å². The van der Waals surface area contributed by atoms with Gasteiger partial charge in [-0.2, -0.15) is 0 Å². The monoisotopic (exact) mass is 308 g/mol. The number of anilines is 1. The third-order valence-electron chi connectivity index (χ3n) is 4.68. The van der Waals surface area contributed by atoms with E-state index in [-0.39, 0.29) is 11.9 Å². The molecule has 1 amide bonds. The number of aromatic nitrogens is 1. The van der Waals surface area contributed by atoms with Crippen LogP contribution in [0.25, 0.3) is 0 Å². The molecule has 3 atom stereocenters. The van der Waals surface area contributed by atoms with Gasteiger partial charge in [-0.15, -0.1) is 11.3 Å². The molecule has 116 valence electrons. The molecule has 0 spiro atoms. The molecule has 1 aromatic rings. The van der Waals surface area contributed by atoms with Gasteiger partial charge >= 0.3 is 0 Å². The maximum atomic E-state index is 12.5. The van der Waals surface area contributed by atoms with Crippen molar-refractivity contribution in [3.05, 3.63) is 10.6 Å². The van der Waals surface area contributed by atoms with Crippen LogP contribution in [-0.4, -0.2) is 40.5 Å². The van der Waals surface area contributed by atoms with Gasteiger partial charge in [0.05, 0.1) is 11.7 Å². The molecule has 2 N–H and O–H groups in total. The maximum Gasteiger partial charge on any atom is 0.243 e. The standard InChI is InChI=1S/C15H24N4OS/c1-9-4-5-10(2)19(9)11(3)14(20)18-15-17-12-6-7-16-8-13(12)21-15/h9-11,16H,4-8H2,1-3H3,(H,17,18,20). The Hall–Kier alpha value is -0.980. The summed E-state index contributed by atoms with van der Waals surface area (Å²) in [6.45, 7) is 8.27. The van der Waals surface area contributed by atoms with Crippen molar-refractivity contribution in [2.75, 3.05) is 11.9 Å². The Kier molecular flexibility index (Phi) is 4.28. The van der Waals surface area contributed by atoms with E-state index in [1.807, 2.05) is 6.92 Å². The number of carbonyl (C=O) groups excluding carboxylic acids is 1. The number of likely N-dealkylation sites (tertiary alicyclic amines) is 1. The molecule has 0 aliphatic carbocycles. The zero-order valence-corrected chi connectivity index (χ0v) is 13.8. The number of hydrogen-bond acceptors (Lipinski definition) is 5. The Morgan fingerprint density at radius 2 is 2.14 bits per heavy atom. The highest BCUT2D eigenvalue weighted by Gasteiger charge is 2.34. The zero-order valence-electron chi connectivity index (χ0n) is 13.0. The summed E-state index contributed by atoms with van der Waals surface area (Å²) in [6, 6.07) is 0.862. The highest BCUT2D eigenvalue weighted by Crippen LogP contribution is 2.28. The average molecular weight is 308 g/mol. The second kappa shape index (κ2) is 6.02. The largest absolute Gasteiger partial charge is 0.311 e. The summed E-state index contributed by atoms with van der Waals surface area (Å²) in [4.78, 5) is 20.6. The summed E-state index contributed by atoms with van der Waals surface area (Å²) in [7, 11) is 0. The van der Waals surface area contributed by atoms with Gasteiger partial charge < -0.3 is 10.6 Å². The topological polar surface area (TPSA) is 57.3 Å². The first-order valence-electron chi connectivity index (χ1n) is 7.84. The van der Waals surface area contributed by atoms with Gasteiger partial charge in [0.15, 0.2) is 5.13 Å². The average Bonchev–Trinajstić information content (AvgIpc) is 3.01. The number of hydrogen-bond donors (Lipinski definition) is 2. The molecule has 0 aromatic carbocycles. The van der Waals surface area contributed by atoms with Crippen LogP contribution in [0.1, 0.15) is 44.2 Å². The Labute approximate surface area is 130 Å². The van der Waals surface area contributed by atoms with Crippen LogP contribution >= 0.6 is 11.3 Å². The summed E-state index contributed by atoms with van der Waals surface area (Å²) in [6.07, 6.45) is 3.31. The van der Waals surface area contributed by atoms with Crippen molar-refractivity contribution in [3.63, 3.8) is 0 Å². The molecule has 2 aliphatic rings. The molecule has 5 nitrogen and oxygen atoms in total. The molecule has 3 heterocycles. The quantitative estimate of drug-likeness (QED) is 0.896. The Bertz CT molecular complexity index is 496. The predicted octanol–water partition coefficient (Wildman–Crippen LogP) is 1.99. The second-order valence-electron chi connectivity index (χ2n) is 6.20. The van der Waals surface area contributed by atoms with E-state index in [2.05, 4.69) is 34.4 Å². The van der Waals surface area contributed by atoms with E-state index in [0.717, 1.165) is 30.3 Å². The van der Waals surface area contributed by atoms with E-state index in [1.54, 1.807) is 11.3 Å². The third-order valence-corrected chi connectivity index (χ3v) is 5.69. The van der Waals surface area contributed by atoms with Crippen LogP contribution in [0.4, 0.5) is 5.13 Å². The highest BCUT2D eigenvalue weighted by molar-refractivity contribution is 7.15. The molecule has 6 heteroatoms. The van der Waals surface area contributed by atoms with Crippen LogP contribution < -0.4 is 10.6 Å². The lowest BCUT2D eigenvalue weighted by molar-refractivity contribution is -0.121. The first-order chi connectivity index (χ1) is 10.1. The number of rotatable bonds is 3. The summed E-state index contributed by atoms with van der Waals surface area (Å²) in [5.41, 5.74) is 1.14. The first kappa shape index (κ1) is 14.9. The minimum Gasteiger partial charge on any atom is -0.311 e. The lowest BCUT2D eigenvalue weighted by atomic mass is 10.2. The Morgan fingerprint density at radius 3 is 2.81 bits per heavy atom. The minimum atomic E-state index is -0.100. The molecule has 0 saturated carbocycles. The van der Waals surface area contributed by atoms with Gasteiger partial charge in [-0.1, -0.05) is 0 Å². The Morgan fingerprint density at radius 1 is 1.43 bits per heavy atom. The molecule has 1 aromatic heterocycles. The van der Waals surface area contributed by atoms with Crippen molar-refractivity contribution in [2.24, 2.45) is 0 Å². The summed E-state index contributed by atoms with van der Waals surface area (Å²) in [5.74, 6) is 0.0645. The van der Waals surface area contributed by atoms with E-state index < -0.39 is 0 Å². The number of amides is 1. The van der Waals surface area contributed by atoms with Crippen molar-refractivity contribution >= 4 is 22.4 Å². The predicted molar refractivity (Wildman–Crippen MR) is 85.6 cm³/mol. The molecule has 3 unspecified atom stereocenters. The minimum absolute atomic E-state index is 0.0645. The van der Waals surface area contributed by atoms with E-state index >= 15 is 0 Å². The van der Waals surface area contributed by atoms with E-state index in [0.29, 0.717) is 12.1 Å². The Balaban J connectivity index is 1.67. The van der Waals surface area contributed by atoms with Crippen molar-refractivity contribution < 1.29 is 4.79 Å². The molecule has 21 heavy (non-hydrogen) atoms. The van der Waals surface area contributed by atoms with Gasteiger partial charge in [-0.25, -0.2) is 4.98 Å². The van der Waals surface area contributed by atoms with Crippen LogP contribution in [0, 0.1) is 0 Å². The fourth-order valence-electron chi connectivity index (χ4n) is 3.50. The number of carbonyl (C=O) groups is 1. The molecular weight excluding hydrogens is 284 g/mol. The molecule has 1 fully saturated rings. The number of fused-ring (bicyclic) bond motifs is 1. The second-order valence-corrected chi connectivity index (χ2v) is 7.29. The molecule has 1 saturated heterocycles. The molecule has 0 radical (unpaired) electrons. The maximum absolute atomic E-state index is 12.5. The van der Waals surface area contributed by atoms with Crippen LogP contribution in [0.5, 0.6) is 0 Å². The van der Waals surface area contributed by atoms with Gasteiger partial charge in [0, 0.05) is 36.5 Å². The van der Waals surface area contributed by atoms with E-state index in [1.165, 1.54) is 17.7 Å². The van der Waals surface area contributed by atoms with E-state index in [9.17, 15) is 4.79 Å². The van der Waals surface area contributed by atoms with Crippen molar-refractivity contribution in [1.82, 2.24) is 15.2 Å². The van der Waals surface area contributed by atoms with Gasteiger partial charge in [0.25, 0.3) is 0 Å². The summed E-state index contributed by atoms with van der Waals surface area (Å²) >= 11 is 1.60. The number of nitrogens with zero attached hydrogens (tertiary/aromatic N) is 2. The van der Waals surface area contributed by atoms with Crippen molar-refractivity contribution in [3.8, 4) is 0 Å². The van der Waals surface area contributed by atoms with Crippen LogP contribution in [0.2, 0.25) is 0 Å². The SMILES string of the molecule is CC1CCC(C)N1C(C)C(=O)Nc1nc2c(s1)CNCC2. The number of nitrogens with one attached hydrogen (secondary N) is 2.